The van der Waals surface area contributed by atoms with Gasteiger partial charge in [0, 0.05) is 42.3 Å². The lowest BCUT2D eigenvalue weighted by Crippen LogP contribution is -2.37. The van der Waals surface area contributed by atoms with Crippen molar-refractivity contribution in [2.75, 3.05) is 38.3 Å². The maximum Gasteiger partial charge on any atom is 0.263 e. The van der Waals surface area contributed by atoms with Crippen LogP contribution in [0.2, 0.25) is 5.02 Å². The second-order valence-electron chi connectivity index (χ2n) is 7.06. The molecule has 1 aromatic heterocycles. The van der Waals surface area contributed by atoms with Gasteiger partial charge in [0.25, 0.3) is 5.91 Å². The van der Waals surface area contributed by atoms with Gasteiger partial charge in [0.2, 0.25) is 0 Å². The Balaban J connectivity index is 1.49. The molecule has 0 spiro atoms. The molecule has 2 heterocycles. The van der Waals surface area contributed by atoms with Crippen LogP contribution in [-0.2, 0) is 11.3 Å². The predicted octanol–water partition coefficient (Wildman–Crippen LogP) is 5.18. The molecule has 150 valence electrons. The van der Waals surface area contributed by atoms with Crippen LogP contribution in [-0.4, -0.2) is 44.2 Å². The normalized spacial score (nSPS) is 14.1. The van der Waals surface area contributed by atoms with Crippen LogP contribution in [0.5, 0.6) is 0 Å². The third-order valence-electron chi connectivity index (χ3n) is 5.04. The molecule has 0 unspecified atom stereocenters. The smallest absolute Gasteiger partial charge is 0.263 e. The molecular weight excluding hydrogens is 404 g/mol. The number of ether oxygens (including phenoxy) is 1. The molecule has 1 aliphatic rings. The Hall–Kier alpha value is -2.34. The van der Waals surface area contributed by atoms with E-state index in [1.165, 1.54) is 17.0 Å². The molecule has 6 heteroatoms. The number of anilines is 1. The SMILES string of the molecule is CN(Cc1ccccc1N1CCOCC1)C(=O)c1ccc(-c2ccc(Cl)cc2)s1. The molecule has 1 aliphatic heterocycles. The number of nitrogens with zero attached hydrogens (tertiary/aromatic N) is 2. The van der Waals surface area contributed by atoms with Crippen molar-refractivity contribution in [3.63, 3.8) is 0 Å². The minimum absolute atomic E-state index is 0.0343. The number of hydrogen-bond donors (Lipinski definition) is 0. The lowest BCUT2D eigenvalue weighted by atomic mass is 10.1. The quantitative estimate of drug-likeness (QED) is 0.563. The fourth-order valence-corrected chi connectivity index (χ4v) is 4.63. The van der Waals surface area contributed by atoms with Gasteiger partial charge in [-0.15, -0.1) is 11.3 Å². The van der Waals surface area contributed by atoms with Crippen molar-refractivity contribution in [1.29, 1.82) is 0 Å². The van der Waals surface area contributed by atoms with Crippen molar-refractivity contribution < 1.29 is 9.53 Å². The Kier molecular flexibility index (Phi) is 6.19. The van der Waals surface area contributed by atoms with Crippen LogP contribution >= 0.6 is 22.9 Å². The molecule has 0 atom stereocenters. The van der Waals surface area contributed by atoms with E-state index < -0.39 is 0 Å². The van der Waals surface area contributed by atoms with Crippen molar-refractivity contribution in [3.8, 4) is 10.4 Å². The van der Waals surface area contributed by atoms with E-state index in [0.29, 0.717) is 11.6 Å². The van der Waals surface area contributed by atoms with Gasteiger partial charge in [0.15, 0.2) is 0 Å². The summed E-state index contributed by atoms with van der Waals surface area (Å²) in [5, 5.41) is 0.709. The van der Waals surface area contributed by atoms with E-state index in [2.05, 4.69) is 17.0 Å². The molecule has 0 aliphatic carbocycles. The molecule has 29 heavy (non-hydrogen) atoms. The number of benzene rings is 2. The zero-order chi connectivity index (χ0) is 20.2. The average Bonchev–Trinajstić information content (AvgIpc) is 3.25. The van der Waals surface area contributed by atoms with E-state index >= 15 is 0 Å². The van der Waals surface area contributed by atoms with E-state index in [1.807, 2.05) is 55.6 Å². The number of rotatable bonds is 5. The maximum atomic E-state index is 13.0. The number of carbonyl (C=O) groups is 1. The lowest BCUT2D eigenvalue weighted by molar-refractivity contribution is 0.0789. The lowest BCUT2D eigenvalue weighted by Gasteiger charge is -2.31. The van der Waals surface area contributed by atoms with Gasteiger partial charge in [-0.1, -0.05) is 41.9 Å². The van der Waals surface area contributed by atoms with Crippen LogP contribution in [0.15, 0.2) is 60.7 Å². The number of halogens is 1. The topological polar surface area (TPSA) is 32.8 Å². The molecule has 3 aromatic rings. The highest BCUT2D eigenvalue weighted by atomic mass is 35.5. The van der Waals surface area contributed by atoms with Crippen molar-refractivity contribution in [1.82, 2.24) is 4.90 Å². The van der Waals surface area contributed by atoms with Crippen LogP contribution < -0.4 is 4.90 Å². The van der Waals surface area contributed by atoms with Crippen molar-refractivity contribution in [3.05, 3.63) is 76.1 Å². The fourth-order valence-electron chi connectivity index (χ4n) is 3.49. The highest BCUT2D eigenvalue weighted by molar-refractivity contribution is 7.17. The van der Waals surface area contributed by atoms with E-state index in [9.17, 15) is 4.79 Å². The van der Waals surface area contributed by atoms with E-state index in [0.717, 1.165) is 47.2 Å². The van der Waals surface area contributed by atoms with Crippen molar-refractivity contribution in [2.45, 2.75) is 6.54 Å². The summed E-state index contributed by atoms with van der Waals surface area (Å²) in [7, 11) is 1.86. The molecule has 4 rings (SSSR count). The van der Waals surface area contributed by atoms with E-state index in [-0.39, 0.29) is 5.91 Å². The molecule has 0 bridgehead atoms. The Labute approximate surface area is 180 Å². The summed E-state index contributed by atoms with van der Waals surface area (Å²) in [6, 6.07) is 19.9. The molecule has 0 N–H and O–H groups in total. The van der Waals surface area contributed by atoms with Gasteiger partial charge in [-0.25, -0.2) is 0 Å². The molecule has 1 amide bonds. The second kappa shape index (κ2) is 8.99. The van der Waals surface area contributed by atoms with Crippen LogP contribution in [0, 0.1) is 0 Å². The number of hydrogen-bond acceptors (Lipinski definition) is 4. The van der Waals surface area contributed by atoms with Crippen LogP contribution in [0.25, 0.3) is 10.4 Å². The number of carbonyl (C=O) groups excluding carboxylic acids is 1. The molecule has 0 saturated carbocycles. The van der Waals surface area contributed by atoms with Crippen LogP contribution in [0.4, 0.5) is 5.69 Å². The monoisotopic (exact) mass is 426 g/mol. The van der Waals surface area contributed by atoms with Gasteiger partial charge in [-0.05, 0) is 41.5 Å². The number of morpholine rings is 1. The second-order valence-corrected chi connectivity index (χ2v) is 8.58. The molecule has 1 fully saturated rings. The fraction of sp³-hybridized carbons (Fsp3) is 0.261. The third-order valence-corrected chi connectivity index (χ3v) is 6.42. The van der Waals surface area contributed by atoms with Gasteiger partial charge in [0.1, 0.15) is 0 Å². The van der Waals surface area contributed by atoms with Gasteiger partial charge in [-0.2, -0.15) is 0 Å². The minimum atomic E-state index is 0.0343. The summed E-state index contributed by atoms with van der Waals surface area (Å²) in [6.07, 6.45) is 0. The summed E-state index contributed by atoms with van der Waals surface area (Å²) in [5.41, 5.74) is 3.40. The summed E-state index contributed by atoms with van der Waals surface area (Å²) < 4.78 is 5.47. The van der Waals surface area contributed by atoms with Crippen molar-refractivity contribution in [2.24, 2.45) is 0 Å². The zero-order valence-corrected chi connectivity index (χ0v) is 17.9. The van der Waals surface area contributed by atoms with Crippen molar-refractivity contribution >= 4 is 34.5 Å². The van der Waals surface area contributed by atoms with E-state index in [1.54, 1.807) is 4.90 Å². The zero-order valence-electron chi connectivity index (χ0n) is 16.3. The first kappa shape index (κ1) is 20.0. The number of thiophene rings is 1. The summed E-state index contributed by atoms with van der Waals surface area (Å²) in [5.74, 6) is 0.0343. The first-order valence-electron chi connectivity index (χ1n) is 9.63. The maximum absolute atomic E-state index is 13.0. The molecule has 0 radical (unpaired) electrons. The minimum Gasteiger partial charge on any atom is -0.378 e. The van der Waals surface area contributed by atoms with Gasteiger partial charge >= 0.3 is 0 Å². The Morgan fingerprint density at radius 1 is 1.07 bits per heavy atom. The number of amides is 1. The van der Waals surface area contributed by atoms with Gasteiger partial charge in [-0.3, -0.25) is 4.79 Å². The highest BCUT2D eigenvalue weighted by Gasteiger charge is 2.19. The summed E-state index contributed by atoms with van der Waals surface area (Å²) >= 11 is 7.48. The molecule has 1 saturated heterocycles. The van der Waals surface area contributed by atoms with Crippen LogP contribution in [0.1, 0.15) is 15.2 Å². The predicted molar refractivity (Wildman–Crippen MR) is 120 cm³/mol. The average molecular weight is 427 g/mol. The Morgan fingerprint density at radius 2 is 1.79 bits per heavy atom. The van der Waals surface area contributed by atoms with Gasteiger partial charge < -0.3 is 14.5 Å². The summed E-state index contributed by atoms with van der Waals surface area (Å²) in [6.45, 7) is 3.81. The molecular formula is C23H23ClN2O2S. The largest absolute Gasteiger partial charge is 0.378 e. The van der Waals surface area contributed by atoms with Gasteiger partial charge in [0.05, 0.1) is 18.1 Å². The molecule has 2 aromatic carbocycles. The molecule has 4 nitrogen and oxygen atoms in total. The summed E-state index contributed by atoms with van der Waals surface area (Å²) in [4.78, 5) is 18.9. The standard InChI is InChI=1S/C23H23ClN2O2S/c1-25(16-18-4-2-3-5-20(18)26-12-14-28-15-13-26)23(27)22-11-10-21(29-22)17-6-8-19(24)9-7-17/h2-11H,12-16H2,1H3. The Morgan fingerprint density at radius 3 is 2.55 bits per heavy atom. The first-order valence-corrected chi connectivity index (χ1v) is 10.8. The number of para-hydroxylation sites is 1. The van der Waals surface area contributed by atoms with E-state index in [4.69, 9.17) is 16.3 Å². The first-order chi connectivity index (χ1) is 14.1. The highest BCUT2D eigenvalue weighted by Crippen LogP contribution is 2.30. The third kappa shape index (κ3) is 4.64. The Bertz CT molecular complexity index is 981. The van der Waals surface area contributed by atoms with Crippen LogP contribution in [0.3, 0.4) is 0 Å².